The monoisotopic (exact) mass is 251 g/mol. The highest BCUT2D eigenvalue weighted by molar-refractivity contribution is 6.74. The molecule has 0 fully saturated rings. The highest BCUT2D eigenvalue weighted by Gasteiger charge is 2.37. The average molecular weight is 252 g/mol. The average Bonchev–Trinajstić information content (AvgIpc) is 2.01. The van der Waals surface area contributed by atoms with Gasteiger partial charge in [-0.05, 0) is 30.2 Å². The van der Waals surface area contributed by atoms with Crippen molar-refractivity contribution in [1.82, 2.24) is 0 Å². The van der Waals surface area contributed by atoms with Gasteiger partial charge in [0.2, 0.25) is 0 Å². The molecule has 0 aromatic rings. The summed E-state index contributed by atoms with van der Waals surface area (Å²) in [6, 6.07) is 0. The van der Waals surface area contributed by atoms with Gasteiger partial charge in [0.1, 0.15) is 0 Å². The van der Waals surface area contributed by atoms with Gasteiger partial charge in [-0.15, -0.1) is 4.91 Å². The van der Waals surface area contributed by atoms with Crippen LogP contribution in [0.2, 0.25) is 18.1 Å². The van der Waals surface area contributed by atoms with Crippen molar-refractivity contribution in [1.29, 1.82) is 0 Å². The van der Waals surface area contributed by atoms with Crippen LogP contribution in [0.4, 0.5) is 0 Å². The van der Waals surface area contributed by atoms with Gasteiger partial charge in [-0.25, -0.2) is 0 Å². The maximum absolute atomic E-state index is 10.4. The Bertz CT molecular complexity index is 224. The van der Waals surface area contributed by atoms with E-state index in [1.807, 2.05) is 0 Å². The summed E-state index contributed by atoms with van der Waals surface area (Å²) in [6.45, 7) is 13.0. The molecule has 0 aliphatic heterocycles. The Kier molecular flexibility index (Phi) is 4.95. The second kappa shape index (κ2) is 4.93. The lowest BCUT2D eigenvalue weighted by Gasteiger charge is -2.36. The minimum Gasteiger partial charge on any atom is -0.417 e. The molecule has 0 spiro atoms. The van der Waals surface area contributed by atoms with Crippen molar-refractivity contribution >= 4 is 19.9 Å². The zero-order valence-corrected chi connectivity index (χ0v) is 12.3. The van der Waals surface area contributed by atoms with Crippen LogP contribution in [-0.4, -0.2) is 19.9 Å². The third kappa shape index (κ3) is 5.09. The van der Waals surface area contributed by atoms with Gasteiger partial charge >= 0.3 is 0 Å². The Hall–Kier alpha value is 0.0669. The van der Waals surface area contributed by atoms with Crippen molar-refractivity contribution < 1.29 is 4.43 Å². The molecule has 0 saturated carbocycles. The van der Waals surface area contributed by atoms with Crippen LogP contribution < -0.4 is 0 Å². The zero-order chi connectivity index (χ0) is 12.3. The van der Waals surface area contributed by atoms with Gasteiger partial charge in [0.25, 0.3) is 0 Å². The van der Waals surface area contributed by atoms with E-state index in [0.717, 1.165) is 0 Å². The van der Waals surface area contributed by atoms with Crippen LogP contribution in [0.5, 0.6) is 0 Å². The Morgan fingerprint density at radius 3 is 2.07 bits per heavy atom. The Morgan fingerprint density at radius 1 is 1.27 bits per heavy atom. The van der Waals surface area contributed by atoms with E-state index in [2.05, 4.69) is 39.0 Å². The quantitative estimate of drug-likeness (QED) is 0.319. The van der Waals surface area contributed by atoms with E-state index in [0.29, 0.717) is 13.0 Å². The molecule has 0 saturated heterocycles. The van der Waals surface area contributed by atoms with Crippen molar-refractivity contribution in [3.05, 3.63) is 4.91 Å². The number of hydrogen-bond acceptors (Lipinski definition) is 3. The molecule has 90 valence electrons. The summed E-state index contributed by atoms with van der Waals surface area (Å²) in [7, 11) is -1.72. The van der Waals surface area contributed by atoms with Crippen LogP contribution in [0, 0.1) is 4.91 Å². The van der Waals surface area contributed by atoms with Gasteiger partial charge in [-0.3, -0.25) is 0 Å². The minimum absolute atomic E-state index is 0.185. The molecule has 0 aliphatic carbocycles. The molecule has 0 radical (unpaired) electrons. The SMILES string of the molecule is CC(Cl)(CCO[Si](C)(C)C(C)(C)C)N=O. The van der Waals surface area contributed by atoms with Crippen molar-refractivity contribution in [3.8, 4) is 0 Å². The van der Waals surface area contributed by atoms with E-state index in [4.69, 9.17) is 16.0 Å². The molecule has 0 aliphatic rings. The molecule has 0 N–H and O–H groups in total. The van der Waals surface area contributed by atoms with Crippen LogP contribution >= 0.6 is 11.6 Å². The van der Waals surface area contributed by atoms with E-state index in [9.17, 15) is 4.91 Å². The van der Waals surface area contributed by atoms with E-state index in [1.54, 1.807) is 6.92 Å². The number of nitrogens with zero attached hydrogens (tertiary/aromatic N) is 1. The molecule has 15 heavy (non-hydrogen) atoms. The van der Waals surface area contributed by atoms with E-state index in [1.165, 1.54) is 0 Å². The fourth-order valence-electron chi connectivity index (χ4n) is 0.755. The van der Waals surface area contributed by atoms with Crippen LogP contribution in [0.3, 0.4) is 0 Å². The number of rotatable bonds is 5. The van der Waals surface area contributed by atoms with Gasteiger partial charge in [0, 0.05) is 13.0 Å². The maximum atomic E-state index is 10.4. The lowest BCUT2D eigenvalue weighted by atomic mass is 10.2. The van der Waals surface area contributed by atoms with Gasteiger partial charge in [0.15, 0.2) is 13.3 Å². The van der Waals surface area contributed by atoms with Gasteiger partial charge in [-0.1, -0.05) is 32.4 Å². The minimum atomic E-state index is -1.72. The molecule has 5 heteroatoms. The summed E-state index contributed by atoms with van der Waals surface area (Å²) >= 11 is 5.82. The normalized spacial score (nSPS) is 17.3. The van der Waals surface area contributed by atoms with Crippen LogP contribution in [-0.2, 0) is 4.43 Å². The third-order valence-electron chi connectivity index (χ3n) is 3.02. The summed E-state index contributed by atoms with van der Waals surface area (Å²) in [5, 5.41) is 3.04. The molecule has 0 heterocycles. The molecule has 0 amide bonds. The van der Waals surface area contributed by atoms with Crippen LogP contribution in [0.1, 0.15) is 34.1 Å². The van der Waals surface area contributed by atoms with E-state index in [-0.39, 0.29) is 5.04 Å². The smallest absolute Gasteiger partial charge is 0.191 e. The number of halogens is 1. The largest absolute Gasteiger partial charge is 0.417 e. The first-order chi connectivity index (χ1) is 6.52. The Morgan fingerprint density at radius 2 is 1.73 bits per heavy atom. The predicted octanol–water partition coefficient (Wildman–Crippen LogP) is 4.12. The Balaban J connectivity index is 4.13. The standard InChI is InChI=1S/C10H22ClNO2Si/c1-9(2,3)15(5,6)14-8-7-10(4,11)12-13/h7-8H2,1-6H3. The highest BCUT2D eigenvalue weighted by Crippen LogP contribution is 2.37. The lowest BCUT2D eigenvalue weighted by Crippen LogP contribution is -2.41. The first kappa shape index (κ1) is 15.1. The van der Waals surface area contributed by atoms with Gasteiger partial charge in [0.05, 0.1) is 0 Å². The van der Waals surface area contributed by atoms with E-state index < -0.39 is 13.3 Å². The predicted molar refractivity (Wildman–Crippen MR) is 67.8 cm³/mol. The molecule has 1 unspecified atom stereocenters. The molecule has 0 aromatic heterocycles. The molecule has 0 bridgehead atoms. The summed E-state index contributed by atoms with van der Waals surface area (Å²) in [4.78, 5) is 9.33. The summed E-state index contributed by atoms with van der Waals surface area (Å²) in [5.41, 5.74) is 0. The van der Waals surface area contributed by atoms with Gasteiger partial charge < -0.3 is 4.43 Å². The number of nitroso groups, excluding NO2 is 1. The second-order valence-corrected chi connectivity index (χ2v) is 11.2. The second-order valence-electron chi connectivity index (χ2n) is 5.59. The molecule has 0 rings (SSSR count). The third-order valence-corrected chi connectivity index (χ3v) is 7.81. The fourth-order valence-corrected chi connectivity index (χ4v) is 1.88. The fraction of sp³-hybridized carbons (Fsp3) is 1.00. The van der Waals surface area contributed by atoms with E-state index >= 15 is 0 Å². The van der Waals surface area contributed by atoms with Crippen molar-refractivity contribution in [3.63, 3.8) is 0 Å². The Labute approximate surface area is 98.6 Å². The highest BCUT2D eigenvalue weighted by atomic mass is 35.5. The molecule has 0 aromatic carbocycles. The lowest BCUT2D eigenvalue weighted by molar-refractivity contribution is 0.268. The van der Waals surface area contributed by atoms with Gasteiger partial charge in [-0.2, -0.15) is 0 Å². The first-order valence-corrected chi connectivity index (χ1v) is 8.48. The molecular weight excluding hydrogens is 230 g/mol. The van der Waals surface area contributed by atoms with Crippen molar-refractivity contribution in [2.45, 2.75) is 57.2 Å². The van der Waals surface area contributed by atoms with Crippen LogP contribution in [0.25, 0.3) is 0 Å². The summed E-state index contributed by atoms with van der Waals surface area (Å²) in [6.07, 6.45) is 0.463. The van der Waals surface area contributed by atoms with Crippen molar-refractivity contribution in [2.24, 2.45) is 5.18 Å². The topological polar surface area (TPSA) is 38.7 Å². The zero-order valence-electron chi connectivity index (χ0n) is 10.6. The summed E-state index contributed by atoms with van der Waals surface area (Å²) in [5.74, 6) is 0. The first-order valence-electron chi connectivity index (χ1n) is 5.19. The van der Waals surface area contributed by atoms with Crippen LogP contribution in [0.15, 0.2) is 5.18 Å². The molecule has 3 nitrogen and oxygen atoms in total. The molecule has 1 atom stereocenters. The molecular formula is C10H22ClNO2Si. The summed E-state index contributed by atoms with van der Waals surface area (Å²) < 4.78 is 5.89. The number of hydrogen-bond donors (Lipinski definition) is 0. The number of alkyl halides is 1. The van der Waals surface area contributed by atoms with Crippen molar-refractivity contribution in [2.75, 3.05) is 6.61 Å². The maximum Gasteiger partial charge on any atom is 0.191 e.